The number of hydrogen-bond donors (Lipinski definition) is 2. The van der Waals surface area contributed by atoms with Crippen molar-refractivity contribution in [2.75, 3.05) is 13.2 Å². The van der Waals surface area contributed by atoms with Gasteiger partial charge in [-0.3, -0.25) is 5.43 Å². The summed E-state index contributed by atoms with van der Waals surface area (Å²) in [5.41, 5.74) is 3.77. The first-order valence-electron chi connectivity index (χ1n) is 6.10. The average Bonchev–Trinajstić information content (AvgIpc) is 3.04. The Balaban J connectivity index is 1.75. The fraction of sp³-hybridized carbons (Fsp3) is 0.500. The Kier molecular flexibility index (Phi) is 5.75. The van der Waals surface area contributed by atoms with Crippen LogP contribution in [0.4, 0.5) is 0 Å². The molecule has 2 rings (SSSR count). The summed E-state index contributed by atoms with van der Waals surface area (Å²) >= 11 is 10.2. The lowest BCUT2D eigenvalue weighted by atomic mass is 10.2. The third-order valence-corrected chi connectivity index (χ3v) is 4.74. The van der Waals surface area contributed by atoms with Crippen molar-refractivity contribution in [3.05, 3.63) is 20.8 Å². The number of halogens is 1. The van der Waals surface area contributed by atoms with Crippen LogP contribution in [0.2, 0.25) is 0 Å². The summed E-state index contributed by atoms with van der Waals surface area (Å²) in [7, 11) is 0. The van der Waals surface area contributed by atoms with Crippen molar-refractivity contribution in [1.29, 1.82) is 0 Å². The van der Waals surface area contributed by atoms with Crippen LogP contribution >= 0.6 is 39.5 Å². The molecule has 1 aromatic rings. The average molecular weight is 362 g/mol. The van der Waals surface area contributed by atoms with Crippen LogP contribution in [0.1, 0.15) is 24.6 Å². The lowest BCUT2D eigenvalue weighted by Gasteiger charge is -2.12. The van der Waals surface area contributed by atoms with E-state index in [1.54, 1.807) is 11.3 Å². The number of rotatable bonds is 4. The molecule has 1 fully saturated rings. The fourth-order valence-electron chi connectivity index (χ4n) is 1.75. The molecule has 0 unspecified atom stereocenters. The highest BCUT2D eigenvalue weighted by atomic mass is 79.9. The molecule has 1 aliphatic rings. The maximum absolute atomic E-state index is 5.51. The van der Waals surface area contributed by atoms with Crippen LogP contribution in [-0.4, -0.2) is 30.1 Å². The Morgan fingerprint density at radius 1 is 1.63 bits per heavy atom. The van der Waals surface area contributed by atoms with Crippen LogP contribution < -0.4 is 10.7 Å². The molecule has 0 aromatic carbocycles. The van der Waals surface area contributed by atoms with Crippen LogP contribution in [-0.2, 0) is 4.74 Å². The van der Waals surface area contributed by atoms with Crippen LogP contribution in [0.3, 0.4) is 0 Å². The van der Waals surface area contributed by atoms with Gasteiger partial charge in [0.2, 0.25) is 0 Å². The third-order valence-electron chi connectivity index (χ3n) is 2.77. The second-order valence-electron chi connectivity index (χ2n) is 4.26. The summed E-state index contributed by atoms with van der Waals surface area (Å²) in [4.78, 5) is 1.11. The standard InChI is InChI=1S/C12H16BrN3OS2/c1-8(10-4-5-11(13)19-10)15-16-12(18)14-7-9-3-2-6-17-9/h4-5,9H,2-3,6-7H2,1H3,(H2,14,16,18)/b15-8-/t9-/m1/s1. The van der Waals surface area contributed by atoms with Gasteiger partial charge in [0, 0.05) is 13.2 Å². The van der Waals surface area contributed by atoms with E-state index in [1.165, 1.54) is 0 Å². The lowest BCUT2D eigenvalue weighted by Crippen LogP contribution is -2.37. The molecule has 19 heavy (non-hydrogen) atoms. The second kappa shape index (κ2) is 7.33. The van der Waals surface area contributed by atoms with E-state index in [0.29, 0.717) is 5.11 Å². The number of hydrogen-bond acceptors (Lipinski definition) is 4. The maximum atomic E-state index is 5.51. The van der Waals surface area contributed by atoms with Gasteiger partial charge in [-0.25, -0.2) is 0 Å². The zero-order chi connectivity index (χ0) is 13.7. The van der Waals surface area contributed by atoms with Crippen LogP contribution in [0.5, 0.6) is 0 Å². The van der Waals surface area contributed by atoms with Gasteiger partial charge in [0.25, 0.3) is 0 Å². The molecular formula is C12H16BrN3OS2. The van der Waals surface area contributed by atoms with E-state index in [4.69, 9.17) is 17.0 Å². The molecule has 7 heteroatoms. The summed E-state index contributed by atoms with van der Waals surface area (Å²) in [6.45, 7) is 3.55. The summed E-state index contributed by atoms with van der Waals surface area (Å²) in [6, 6.07) is 4.03. The van der Waals surface area contributed by atoms with Crippen molar-refractivity contribution in [2.45, 2.75) is 25.9 Å². The Morgan fingerprint density at radius 2 is 2.47 bits per heavy atom. The molecule has 1 aromatic heterocycles. The number of nitrogens with zero attached hydrogens (tertiary/aromatic N) is 1. The monoisotopic (exact) mass is 361 g/mol. The van der Waals surface area contributed by atoms with E-state index in [1.807, 2.05) is 19.1 Å². The van der Waals surface area contributed by atoms with Crippen LogP contribution in [0.25, 0.3) is 0 Å². The van der Waals surface area contributed by atoms with Crippen molar-refractivity contribution >= 4 is 50.3 Å². The zero-order valence-corrected chi connectivity index (χ0v) is 13.8. The quantitative estimate of drug-likeness (QED) is 0.491. The van der Waals surface area contributed by atoms with E-state index in [-0.39, 0.29) is 6.10 Å². The molecule has 1 aliphatic heterocycles. The minimum atomic E-state index is 0.276. The summed E-state index contributed by atoms with van der Waals surface area (Å²) in [5.74, 6) is 0. The minimum absolute atomic E-state index is 0.276. The smallest absolute Gasteiger partial charge is 0.187 e. The van der Waals surface area contributed by atoms with Gasteiger partial charge in [-0.1, -0.05) is 0 Å². The molecular weight excluding hydrogens is 346 g/mol. The Morgan fingerprint density at radius 3 is 3.11 bits per heavy atom. The van der Waals surface area contributed by atoms with Gasteiger partial charge >= 0.3 is 0 Å². The van der Waals surface area contributed by atoms with E-state index in [9.17, 15) is 0 Å². The largest absolute Gasteiger partial charge is 0.376 e. The normalized spacial score (nSPS) is 19.5. The molecule has 2 N–H and O–H groups in total. The Labute approximate surface area is 130 Å². The highest BCUT2D eigenvalue weighted by Crippen LogP contribution is 2.22. The van der Waals surface area contributed by atoms with Crippen molar-refractivity contribution in [1.82, 2.24) is 10.7 Å². The van der Waals surface area contributed by atoms with Gasteiger partial charge in [-0.15, -0.1) is 11.3 Å². The molecule has 1 saturated heterocycles. The summed E-state index contributed by atoms with van der Waals surface area (Å²) in [6.07, 6.45) is 2.51. The summed E-state index contributed by atoms with van der Waals surface area (Å²) < 4.78 is 6.61. The minimum Gasteiger partial charge on any atom is -0.376 e. The molecule has 0 bridgehead atoms. The molecule has 0 amide bonds. The molecule has 0 saturated carbocycles. The van der Waals surface area contributed by atoms with Gasteiger partial charge in [-0.2, -0.15) is 5.10 Å². The molecule has 0 aliphatic carbocycles. The van der Waals surface area contributed by atoms with E-state index in [2.05, 4.69) is 31.8 Å². The van der Waals surface area contributed by atoms with Gasteiger partial charge < -0.3 is 10.1 Å². The highest BCUT2D eigenvalue weighted by Gasteiger charge is 2.15. The first-order valence-corrected chi connectivity index (χ1v) is 8.12. The van der Waals surface area contributed by atoms with Crippen molar-refractivity contribution in [2.24, 2.45) is 5.10 Å². The van der Waals surface area contributed by atoms with Crippen molar-refractivity contribution in [3.8, 4) is 0 Å². The third kappa shape index (κ3) is 4.83. The fourth-order valence-corrected chi connectivity index (χ4v) is 3.21. The number of ether oxygens (including phenoxy) is 1. The van der Waals surface area contributed by atoms with Crippen LogP contribution in [0, 0.1) is 0 Å². The predicted molar refractivity (Wildman–Crippen MR) is 86.9 cm³/mol. The molecule has 1 atom stereocenters. The molecule has 0 spiro atoms. The first kappa shape index (κ1) is 14.9. The SMILES string of the molecule is C/C(=N/NC(=S)NC[C@H]1CCCO1)c1ccc(Br)s1. The lowest BCUT2D eigenvalue weighted by molar-refractivity contribution is 0.114. The Bertz CT molecular complexity index is 469. The Hall–Kier alpha value is -0.500. The number of thiophene rings is 1. The number of thiocarbonyl (C=S) groups is 1. The van der Waals surface area contributed by atoms with Crippen molar-refractivity contribution in [3.63, 3.8) is 0 Å². The molecule has 0 radical (unpaired) electrons. The number of nitrogens with one attached hydrogen (secondary N) is 2. The van der Waals surface area contributed by atoms with E-state index in [0.717, 1.165) is 40.4 Å². The van der Waals surface area contributed by atoms with Crippen molar-refractivity contribution < 1.29 is 4.74 Å². The maximum Gasteiger partial charge on any atom is 0.187 e. The molecule has 4 nitrogen and oxygen atoms in total. The molecule has 2 heterocycles. The van der Waals surface area contributed by atoms with Crippen LogP contribution in [0.15, 0.2) is 21.0 Å². The topological polar surface area (TPSA) is 45.7 Å². The van der Waals surface area contributed by atoms with Gasteiger partial charge in [0.1, 0.15) is 0 Å². The first-order chi connectivity index (χ1) is 9.15. The van der Waals surface area contributed by atoms with E-state index >= 15 is 0 Å². The van der Waals surface area contributed by atoms with Gasteiger partial charge in [0.15, 0.2) is 5.11 Å². The number of hydrazone groups is 1. The molecule has 104 valence electrons. The summed E-state index contributed by atoms with van der Waals surface area (Å²) in [5, 5.41) is 7.92. The predicted octanol–water partition coefficient (Wildman–Crippen LogP) is 2.88. The zero-order valence-electron chi connectivity index (χ0n) is 10.6. The van der Waals surface area contributed by atoms with E-state index < -0.39 is 0 Å². The second-order valence-corrected chi connectivity index (χ2v) is 7.13. The highest BCUT2D eigenvalue weighted by molar-refractivity contribution is 9.11. The van der Waals surface area contributed by atoms with Gasteiger partial charge in [0.05, 0.1) is 20.5 Å². The van der Waals surface area contributed by atoms with Gasteiger partial charge in [-0.05, 0) is 60.0 Å².